The number of benzene rings is 2. The zero-order chi connectivity index (χ0) is 19.8. The normalized spacial score (nSPS) is 16.0. The first-order valence-electron chi connectivity index (χ1n) is 7.75. The molecule has 1 heterocycles. The standard InChI is InChI=1S/C19H13F3O5/c1-10-6-11(9-23)2-5-15(10)26-13-4-3-12-7-14(18(24)25)17(19(20,21)22)27-16(12)8-13/h2-9,17H,1H3,(H,24,25). The molecule has 3 rings (SSSR count). The average Bonchev–Trinajstić information content (AvgIpc) is 2.61. The van der Waals surface area contributed by atoms with Crippen LogP contribution in [0.25, 0.3) is 6.08 Å². The summed E-state index contributed by atoms with van der Waals surface area (Å²) in [4.78, 5) is 21.9. The molecule has 5 nitrogen and oxygen atoms in total. The van der Waals surface area contributed by atoms with Crippen LogP contribution in [0.15, 0.2) is 42.0 Å². The molecule has 0 aromatic heterocycles. The Morgan fingerprint density at radius 3 is 2.56 bits per heavy atom. The van der Waals surface area contributed by atoms with Gasteiger partial charge in [0.1, 0.15) is 23.5 Å². The maximum atomic E-state index is 13.1. The number of carboxylic acid groups (broad SMARTS) is 1. The van der Waals surface area contributed by atoms with E-state index in [2.05, 4.69) is 0 Å². The van der Waals surface area contributed by atoms with Crippen molar-refractivity contribution in [2.24, 2.45) is 0 Å². The highest BCUT2D eigenvalue weighted by Crippen LogP contribution is 2.39. The summed E-state index contributed by atoms with van der Waals surface area (Å²) in [6, 6.07) is 8.88. The van der Waals surface area contributed by atoms with Crippen LogP contribution in [0.3, 0.4) is 0 Å². The molecule has 27 heavy (non-hydrogen) atoms. The van der Waals surface area contributed by atoms with Crippen molar-refractivity contribution < 1.29 is 37.3 Å². The summed E-state index contributed by atoms with van der Waals surface area (Å²) in [6.07, 6.45) is -5.81. The van der Waals surface area contributed by atoms with Gasteiger partial charge in [0.25, 0.3) is 0 Å². The van der Waals surface area contributed by atoms with E-state index in [-0.39, 0.29) is 17.1 Å². The first kappa shape index (κ1) is 18.5. The fourth-order valence-corrected chi connectivity index (χ4v) is 2.64. The molecule has 2 aromatic rings. The van der Waals surface area contributed by atoms with Crippen molar-refractivity contribution in [3.05, 3.63) is 58.7 Å². The van der Waals surface area contributed by atoms with Crippen LogP contribution in [0.2, 0.25) is 0 Å². The number of aldehydes is 1. The highest BCUT2D eigenvalue weighted by atomic mass is 19.4. The third-order valence-corrected chi connectivity index (χ3v) is 3.93. The Labute approximate surface area is 151 Å². The van der Waals surface area contributed by atoms with Crippen molar-refractivity contribution >= 4 is 18.3 Å². The lowest BCUT2D eigenvalue weighted by Crippen LogP contribution is -2.40. The lowest BCUT2D eigenvalue weighted by molar-refractivity contribution is -0.187. The van der Waals surface area contributed by atoms with Crippen molar-refractivity contribution in [3.63, 3.8) is 0 Å². The van der Waals surface area contributed by atoms with Crippen molar-refractivity contribution in [3.8, 4) is 17.2 Å². The number of carbonyl (C=O) groups is 2. The Kier molecular flexibility index (Phi) is 4.65. The fourth-order valence-electron chi connectivity index (χ4n) is 2.64. The number of aliphatic carboxylic acids is 1. The molecular formula is C19H13F3O5. The number of rotatable bonds is 4. The second-order valence-corrected chi connectivity index (χ2v) is 5.89. The molecule has 0 saturated carbocycles. The van der Waals surface area contributed by atoms with E-state index in [0.29, 0.717) is 23.2 Å². The van der Waals surface area contributed by atoms with Gasteiger partial charge >= 0.3 is 12.1 Å². The van der Waals surface area contributed by atoms with Gasteiger partial charge in [-0.05, 0) is 48.9 Å². The zero-order valence-corrected chi connectivity index (χ0v) is 13.9. The minimum Gasteiger partial charge on any atom is -0.478 e. The maximum Gasteiger partial charge on any atom is 0.430 e. The van der Waals surface area contributed by atoms with Gasteiger partial charge in [0, 0.05) is 17.2 Å². The predicted octanol–water partition coefficient (Wildman–Crippen LogP) is 4.39. The molecule has 1 aliphatic heterocycles. The molecule has 2 aromatic carbocycles. The van der Waals surface area contributed by atoms with E-state index >= 15 is 0 Å². The Morgan fingerprint density at radius 2 is 1.96 bits per heavy atom. The van der Waals surface area contributed by atoms with Crippen LogP contribution < -0.4 is 9.47 Å². The summed E-state index contributed by atoms with van der Waals surface area (Å²) >= 11 is 0. The summed E-state index contributed by atoms with van der Waals surface area (Å²) in [7, 11) is 0. The van der Waals surface area contributed by atoms with E-state index in [1.165, 1.54) is 18.2 Å². The lowest BCUT2D eigenvalue weighted by Gasteiger charge is -2.27. The highest BCUT2D eigenvalue weighted by molar-refractivity contribution is 5.95. The van der Waals surface area contributed by atoms with E-state index in [9.17, 15) is 22.8 Å². The Morgan fingerprint density at radius 1 is 1.22 bits per heavy atom. The summed E-state index contributed by atoms with van der Waals surface area (Å²) < 4.78 is 50.0. The van der Waals surface area contributed by atoms with Gasteiger partial charge in [-0.2, -0.15) is 13.2 Å². The Bertz CT molecular complexity index is 947. The smallest absolute Gasteiger partial charge is 0.430 e. The topological polar surface area (TPSA) is 72.8 Å². The Hall–Kier alpha value is -3.29. The van der Waals surface area contributed by atoms with Crippen molar-refractivity contribution in [2.45, 2.75) is 19.2 Å². The molecule has 0 saturated heterocycles. The van der Waals surface area contributed by atoms with Gasteiger partial charge in [-0.1, -0.05) is 0 Å². The first-order chi connectivity index (χ1) is 12.7. The van der Waals surface area contributed by atoms with E-state index < -0.39 is 23.8 Å². The predicted molar refractivity (Wildman–Crippen MR) is 89.2 cm³/mol. The molecule has 0 amide bonds. The molecule has 1 N–H and O–H groups in total. The molecule has 8 heteroatoms. The second kappa shape index (κ2) is 6.79. The number of carbonyl (C=O) groups excluding carboxylic acids is 1. The number of alkyl halides is 3. The minimum absolute atomic E-state index is 0.137. The third-order valence-electron chi connectivity index (χ3n) is 3.93. The third kappa shape index (κ3) is 3.79. The van der Waals surface area contributed by atoms with Gasteiger partial charge in [-0.15, -0.1) is 0 Å². The number of ether oxygens (including phenoxy) is 2. The number of hydrogen-bond donors (Lipinski definition) is 1. The average molecular weight is 378 g/mol. The molecule has 0 radical (unpaired) electrons. The van der Waals surface area contributed by atoms with Crippen LogP contribution in [0.1, 0.15) is 21.5 Å². The number of halogens is 3. The first-order valence-corrected chi connectivity index (χ1v) is 7.75. The van der Waals surface area contributed by atoms with Crippen LogP contribution in [0, 0.1) is 6.92 Å². The summed E-state index contributed by atoms with van der Waals surface area (Å²) in [5.41, 5.74) is 0.449. The number of carboxylic acids is 1. The maximum absolute atomic E-state index is 13.1. The van der Waals surface area contributed by atoms with Gasteiger partial charge in [0.15, 0.2) is 0 Å². The van der Waals surface area contributed by atoms with Gasteiger partial charge in [0.05, 0.1) is 5.57 Å². The molecule has 140 valence electrons. The molecule has 0 bridgehead atoms. The largest absolute Gasteiger partial charge is 0.478 e. The summed E-state index contributed by atoms with van der Waals surface area (Å²) in [5, 5.41) is 9.02. The van der Waals surface area contributed by atoms with Crippen LogP contribution in [0.4, 0.5) is 13.2 Å². The molecule has 1 aliphatic rings. The van der Waals surface area contributed by atoms with Crippen LogP contribution in [-0.2, 0) is 4.79 Å². The van der Waals surface area contributed by atoms with Crippen LogP contribution >= 0.6 is 0 Å². The monoisotopic (exact) mass is 378 g/mol. The highest BCUT2D eigenvalue weighted by Gasteiger charge is 2.48. The van der Waals surface area contributed by atoms with Gasteiger partial charge in [-0.3, -0.25) is 4.79 Å². The van der Waals surface area contributed by atoms with Gasteiger partial charge in [0.2, 0.25) is 6.10 Å². The fraction of sp³-hybridized carbons (Fsp3) is 0.158. The van der Waals surface area contributed by atoms with E-state index in [1.54, 1.807) is 25.1 Å². The molecule has 0 fully saturated rings. The zero-order valence-electron chi connectivity index (χ0n) is 13.9. The number of hydrogen-bond acceptors (Lipinski definition) is 4. The van der Waals surface area contributed by atoms with Crippen molar-refractivity contribution in [2.75, 3.05) is 0 Å². The van der Waals surface area contributed by atoms with Crippen LogP contribution in [-0.4, -0.2) is 29.6 Å². The van der Waals surface area contributed by atoms with Crippen molar-refractivity contribution in [1.29, 1.82) is 0 Å². The molecule has 0 spiro atoms. The number of aryl methyl sites for hydroxylation is 1. The van der Waals surface area contributed by atoms with E-state index in [1.807, 2.05) is 0 Å². The minimum atomic E-state index is -4.87. The molecular weight excluding hydrogens is 365 g/mol. The van der Waals surface area contributed by atoms with Crippen molar-refractivity contribution in [1.82, 2.24) is 0 Å². The van der Waals surface area contributed by atoms with E-state index in [4.69, 9.17) is 14.6 Å². The molecule has 1 atom stereocenters. The Balaban J connectivity index is 1.94. The summed E-state index contributed by atoms with van der Waals surface area (Å²) in [6.45, 7) is 1.72. The second-order valence-electron chi connectivity index (χ2n) is 5.89. The number of fused-ring (bicyclic) bond motifs is 1. The quantitative estimate of drug-likeness (QED) is 0.799. The lowest BCUT2D eigenvalue weighted by atomic mass is 10.0. The SMILES string of the molecule is Cc1cc(C=O)ccc1Oc1ccc2c(c1)OC(C(F)(F)F)C(C(=O)O)=C2. The van der Waals surface area contributed by atoms with Gasteiger partial charge in [-0.25, -0.2) is 4.79 Å². The van der Waals surface area contributed by atoms with Gasteiger partial charge < -0.3 is 14.6 Å². The summed E-state index contributed by atoms with van der Waals surface area (Å²) in [5.74, 6) is -1.20. The van der Waals surface area contributed by atoms with Crippen LogP contribution in [0.5, 0.6) is 17.2 Å². The molecule has 0 aliphatic carbocycles. The molecule has 1 unspecified atom stereocenters. The van der Waals surface area contributed by atoms with E-state index in [0.717, 1.165) is 6.08 Å².